The average Bonchev–Trinajstić information content (AvgIpc) is 2.50. The molecule has 0 fully saturated rings. The maximum atomic E-state index is 4.63. The van der Waals surface area contributed by atoms with Gasteiger partial charge in [-0.25, -0.2) is 0 Å². The van der Waals surface area contributed by atoms with Crippen molar-refractivity contribution in [3.8, 4) is 0 Å². The van der Waals surface area contributed by atoms with Gasteiger partial charge in [0.25, 0.3) is 0 Å². The van der Waals surface area contributed by atoms with Crippen LogP contribution < -0.4 is 0 Å². The molecule has 1 aliphatic rings. The van der Waals surface area contributed by atoms with Crippen molar-refractivity contribution >= 4 is 0 Å². The first-order valence-corrected chi connectivity index (χ1v) is 6.65. The summed E-state index contributed by atoms with van der Waals surface area (Å²) in [7, 11) is 0. The summed E-state index contributed by atoms with van der Waals surface area (Å²) in [5.74, 6) is 0. The molecule has 1 heterocycles. The number of pyridine rings is 1. The lowest BCUT2D eigenvalue weighted by Gasteiger charge is -2.36. The largest absolute Gasteiger partial charge is 0.260 e. The van der Waals surface area contributed by atoms with Crippen LogP contribution in [0.3, 0.4) is 0 Å². The van der Waals surface area contributed by atoms with Gasteiger partial charge >= 0.3 is 0 Å². The first-order valence-electron chi connectivity index (χ1n) is 6.65. The van der Waals surface area contributed by atoms with Gasteiger partial charge in [0.1, 0.15) is 0 Å². The molecule has 1 heteroatoms. The lowest BCUT2D eigenvalue weighted by Crippen LogP contribution is -2.31. The first-order chi connectivity index (χ1) is 9.34. The smallest absolute Gasteiger partial charge is 0.0618 e. The van der Waals surface area contributed by atoms with Gasteiger partial charge in [-0.2, -0.15) is 0 Å². The van der Waals surface area contributed by atoms with Crippen LogP contribution in [0.1, 0.15) is 24.6 Å². The van der Waals surface area contributed by atoms with E-state index in [0.29, 0.717) is 0 Å². The van der Waals surface area contributed by atoms with Crippen molar-refractivity contribution < 1.29 is 0 Å². The molecule has 1 nitrogen and oxygen atoms in total. The summed E-state index contributed by atoms with van der Waals surface area (Å²) in [6.07, 6.45) is 9.42. The van der Waals surface area contributed by atoms with Crippen LogP contribution in [0.5, 0.6) is 0 Å². The molecule has 0 radical (unpaired) electrons. The van der Waals surface area contributed by atoms with Crippen molar-refractivity contribution in [2.24, 2.45) is 0 Å². The van der Waals surface area contributed by atoms with Gasteiger partial charge in [0, 0.05) is 6.20 Å². The predicted molar refractivity (Wildman–Crippen MR) is 79.0 cm³/mol. The van der Waals surface area contributed by atoms with E-state index in [9.17, 15) is 0 Å². The zero-order chi connectivity index (χ0) is 13.1. The highest BCUT2D eigenvalue weighted by Gasteiger charge is 2.37. The molecule has 0 bridgehead atoms. The second kappa shape index (κ2) is 4.85. The summed E-state index contributed by atoms with van der Waals surface area (Å²) < 4.78 is 0. The summed E-state index contributed by atoms with van der Waals surface area (Å²) in [5.41, 5.74) is 3.67. The van der Waals surface area contributed by atoms with Gasteiger partial charge in [0.15, 0.2) is 0 Å². The molecule has 0 aliphatic heterocycles. The van der Waals surface area contributed by atoms with E-state index in [-0.39, 0.29) is 5.41 Å². The Morgan fingerprint density at radius 1 is 1.00 bits per heavy atom. The van der Waals surface area contributed by atoms with Crippen molar-refractivity contribution in [3.05, 3.63) is 89.8 Å². The number of hydrogen-bond acceptors (Lipinski definition) is 1. The van der Waals surface area contributed by atoms with Crippen molar-refractivity contribution in [3.63, 3.8) is 0 Å². The molecule has 94 valence electrons. The molecule has 1 aromatic heterocycles. The van der Waals surface area contributed by atoms with Gasteiger partial charge < -0.3 is 0 Å². The average molecular weight is 247 g/mol. The Kier molecular flexibility index (Phi) is 3.04. The topological polar surface area (TPSA) is 12.9 Å². The van der Waals surface area contributed by atoms with E-state index < -0.39 is 0 Å². The SMILES string of the molecule is CC1=CC=CCC1(c1ccccc1)c1ccccn1. The monoisotopic (exact) mass is 247 g/mol. The quantitative estimate of drug-likeness (QED) is 0.772. The Labute approximate surface area is 114 Å². The molecule has 0 spiro atoms. The Bertz CT molecular complexity index is 569. The third-order valence-corrected chi connectivity index (χ3v) is 3.95. The zero-order valence-corrected chi connectivity index (χ0v) is 11.1. The molecule has 2 aromatic rings. The van der Waals surface area contributed by atoms with Crippen LogP contribution in [0.25, 0.3) is 0 Å². The maximum absolute atomic E-state index is 4.63. The number of nitrogens with zero attached hydrogens (tertiary/aromatic N) is 1. The number of aromatic nitrogens is 1. The van der Waals surface area contributed by atoms with Crippen LogP contribution in [-0.2, 0) is 5.41 Å². The molecule has 1 atom stereocenters. The van der Waals surface area contributed by atoms with Gasteiger partial charge in [-0.15, -0.1) is 0 Å². The van der Waals surface area contributed by atoms with E-state index in [4.69, 9.17) is 0 Å². The Morgan fingerprint density at radius 3 is 2.47 bits per heavy atom. The molecule has 1 unspecified atom stereocenters. The molecule has 3 rings (SSSR count). The summed E-state index contributed by atoms with van der Waals surface area (Å²) >= 11 is 0. The fourth-order valence-corrected chi connectivity index (χ4v) is 2.90. The Balaban J connectivity index is 2.23. The molecule has 0 saturated carbocycles. The number of benzene rings is 1. The van der Waals surface area contributed by atoms with Crippen LogP contribution in [0.15, 0.2) is 78.5 Å². The second-order valence-corrected chi connectivity index (χ2v) is 4.97. The minimum atomic E-state index is -0.114. The predicted octanol–water partition coefficient (Wildman–Crippen LogP) is 4.27. The fraction of sp³-hybridized carbons (Fsp3) is 0.167. The lowest BCUT2D eigenvalue weighted by atomic mass is 9.68. The Hall–Kier alpha value is -2.15. The van der Waals surface area contributed by atoms with Gasteiger partial charge in [-0.1, -0.05) is 60.2 Å². The van der Waals surface area contributed by atoms with E-state index in [1.807, 2.05) is 12.3 Å². The molecular weight excluding hydrogens is 230 g/mol. The number of allylic oxidation sites excluding steroid dienone is 4. The zero-order valence-electron chi connectivity index (χ0n) is 11.1. The second-order valence-electron chi connectivity index (χ2n) is 4.97. The van der Waals surface area contributed by atoms with E-state index in [2.05, 4.69) is 72.6 Å². The van der Waals surface area contributed by atoms with E-state index in [0.717, 1.165) is 12.1 Å². The minimum absolute atomic E-state index is 0.114. The highest BCUT2D eigenvalue weighted by molar-refractivity contribution is 5.48. The molecule has 1 aliphatic carbocycles. The summed E-state index contributed by atoms with van der Waals surface area (Å²) in [4.78, 5) is 4.63. The van der Waals surface area contributed by atoms with Gasteiger partial charge in [-0.3, -0.25) is 4.98 Å². The molecule has 0 N–H and O–H groups in total. The van der Waals surface area contributed by atoms with Crippen LogP contribution in [0.4, 0.5) is 0 Å². The molecule has 1 aromatic carbocycles. The third kappa shape index (κ3) is 1.91. The van der Waals surface area contributed by atoms with Crippen LogP contribution >= 0.6 is 0 Å². The lowest BCUT2D eigenvalue weighted by molar-refractivity contribution is 0.585. The van der Waals surface area contributed by atoms with Crippen molar-refractivity contribution in [1.82, 2.24) is 4.98 Å². The van der Waals surface area contributed by atoms with Gasteiger partial charge in [0.2, 0.25) is 0 Å². The van der Waals surface area contributed by atoms with Crippen LogP contribution in [0.2, 0.25) is 0 Å². The van der Waals surface area contributed by atoms with Crippen molar-refractivity contribution in [2.75, 3.05) is 0 Å². The summed E-state index contributed by atoms with van der Waals surface area (Å²) in [6.45, 7) is 2.20. The van der Waals surface area contributed by atoms with Crippen molar-refractivity contribution in [1.29, 1.82) is 0 Å². The van der Waals surface area contributed by atoms with Crippen molar-refractivity contribution in [2.45, 2.75) is 18.8 Å². The summed E-state index contributed by atoms with van der Waals surface area (Å²) in [6, 6.07) is 16.8. The Morgan fingerprint density at radius 2 is 1.79 bits per heavy atom. The van der Waals surface area contributed by atoms with E-state index in [1.165, 1.54) is 11.1 Å². The normalized spacial score (nSPS) is 22.1. The standard InChI is InChI=1S/C18H17N/c1-15-9-5-7-13-18(15,16-10-3-2-4-11-16)17-12-6-8-14-19-17/h2-12,14H,13H2,1H3. The minimum Gasteiger partial charge on any atom is -0.260 e. The first kappa shape index (κ1) is 11.9. The highest BCUT2D eigenvalue weighted by atomic mass is 14.7. The van der Waals surface area contributed by atoms with E-state index >= 15 is 0 Å². The van der Waals surface area contributed by atoms with Gasteiger partial charge in [-0.05, 0) is 31.0 Å². The molecular formula is C18H17N. The fourth-order valence-electron chi connectivity index (χ4n) is 2.90. The highest BCUT2D eigenvalue weighted by Crippen LogP contribution is 2.43. The van der Waals surface area contributed by atoms with E-state index in [1.54, 1.807) is 0 Å². The van der Waals surface area contributed by atoms with Crippen LogP contribution in [-0.4, -0.2) is 4.98 Å². The number of rotatable bonds is 2. The summed E-state index contributed by atoms with van der Waals surface area (Å²) in [5, 5.41) is 0. The van der Waals surface area contributed by atoms with Gasteiger partial charge in [0.05, 0.1) is 11.1 Å². The maximum Gasteiger partial charge on any atom is 0.0618 e. The molecule has 0 saturated heterocycles. The molecule has 0 amide bonds. The third-order valence-electron chi connectivity index (χ3n) is 3.95. The van der Waals surface area contributed by atoms with Crippen LogP contribution in [0, 0.1) is 0 Å². The molecule has 19 heavy (non-hydrogen) atoms. The number of hydrogen-bond donors (Lipinski definition) is 0.